The predicted molar refractivity (Wildman–Crippen MR) is 80.2 cm³/mol. The van der Waals surface area contributed by atoms with Gasteiger partial charge in [0, 0.05) is 6.04 Å². The van der Waals surface area contributed by atoms with Crippen molar-refractivity contribution in [1.82, 2.24) is 0 Å². The highest BCUT2D eigenvalue weighted by Gasteiger charge is 2.30. The zero-order valence-electron chi connectivity index (χ0n) is 10.9. The summed E-state index contributed by atoms with van der Waals surface area (Å²) in [6.45, 7) is 12.0. The minimum atomic E-state index is 0. The minimum absolute atomic E-state index is 0. The highest BCUT2D eigenvalue weighted by Crippen LogP contribution is 2.36. The maximum atomic E-state index is 6.13. The van der Waals surface area contributed by atoms with Crippen molar-refractivity contribution in [2.24, 2.45) is 11.1 Å². The van der Waals surface area contributed by atoms with Crippen molar-refractivity contribution in [3.8, 4) is 0 Å². The van der Waals surface area contributed by atoms with E-state index in [0.717, 1.165) is 12.8 Å². The summed E-state index contributed by atoms with van der Waals surface area (Å²) in [5.41, 5.74) is 6.32. The van der Waals surface area contributed by atoms with Crippen molar-refractivity contribution >= 4 is 17.0 Å². The molecule has 0 saturated heterocycles. The van der Waals surface area contributed by atoms with Crippen LogP contribution in [0.25, 0.3) is 0 Å². The normalized spacial score (nSPS) is 12.7. The topological polar surface area (TPSA) is 26.0 Å². The number of hydrogen-bond acceptors (Lipinski definition) is 1. The molecule has 0 aliphatic heterocycles. The molecule has 0 rings (SSSR count). The van der Waals surface area contributed by atoms with Crippen molar-refractivity contribution in [2.45, 2.75) is 58.4 Å². The Balaban J connectivity index is 0. The molecule has 2 N–H and O–H groups in total. The van der Waals surface area contributed by atoms with Gasteiger partial charge in [-0.05, 0) is 31.6 Å². The second-order valence-corrected chi connectivity index (χ2v) is 4.59. The molecule has 0 fully saturated rings. The Kier molecular flexibility index (Phi) is 11.5. The van der Waals surface area contributed by atoms with Crippen LogP contribution in [0.15, 0.2) is 25.3 Å². The van der Waals surface area contributed by atoms with Crippen LogP contribution < -0.4 is 5.73 Å². The summed E-state index contributed by atoms with van der Waals surface area (Å²) in [5, 5.41) is 0. The van der Waals surface area contributed by atoms with Gasteiger partial charge in [-0.15, -0.1) is 30.1 Å². The number of hydrogen-bond donors (Lipinski definition) is 1. The first-order chi connectivity index (χ1) is 7.13. The Morgan fingerprint density at radius 1 is 1.19 bits per heavy atom. The largest absolute Gasteiger partial charge is 0.327 e. The molecule has 0 aromatic carbocycles. The monoisotopic (exact) mass is 289 g/mol. The van der Waals surface area contributed by atoms with Gasteiger partial charge in [0.1, 0.15) is 0 Å². The fraction of sp³-hybridized carbons (Fsp3) is 0.714. The van der Waals surface area contributed by atoms with E-state index in [4.69, 9.17) is 5.73 Å². The summed E-state index contributed by atoms with van der Waals surface area (Å²) in [6.07, 6.45) is 11.0. The van der Waals surface area contributed by atoms with E-state index < -0.39 is 0 Å². The van der Waals surface area contributed by atoms with Crippen LogP contribution in [-0.2, 0) is 0 Å². The predicted octanol–water partition coefficient (Wildman–Crippen LogP) is 4.63. The highest BCUT2D eigenvalue weighted by molar-refractivity contribution is 8.93. The highest BCUT2D eigenvalue weighted by atomic mass is 79.9. The molecule has 0 spiro atoms. The molecule has 0 saturated carbocycles. The molecule has 16 heavy (non-hydrogen) atoms. The lowest BCUT2D eigenvalue weighted by atomic mass is 9.72. The molecule has 1 atom stereocenters. The molecule has 0 aromatic rings. The molecule has 2 heteroatoms. The van der Waals surface area contributed by atoms with E-state index in [1.165, 1.54) is 25.7 Å². The van der Waals surface area contributed by atoms with Gasteiger partial charge < -0.3 is 5.73 Å². The summed E-state index contributed by atoms with van der Waals surface area (Å²) >= 11 is 0. The zero-order chi connectivity index (χ0) is 11.7. The molecule has 0 bridgehead atoms. The number of nitrogens with two attached hydrogens (primary N) is 1. The average molecular weight is 290 g/mol. The van der Waals surface area contributed by atoms with Gasteiger partial charge >= 0.3 is 0 Å². The fourth-order valence-electron chi connectivity index (χ4n) is 2.19. The third-order valence-electron chi connectivity index (χ3n) is 3.35. The van der Waals surface area contributed by atoms with Gasteiger partial charge in [-0.25, -0.2) is 0 Å². The molecular formula is C14H28BrN. The van der Waals surface area contributed by atoms with Crippen molar-refractivity contribution in [3.05, 3.63) is 25.3 Å². The maximum absolute atomic E-state index is 6.13. The summed E-state index contributed by atoms with van der Waals surface area (Å²) in [5.74, 6) is 0. The zero-order valence-corrected chi connectivity index (χ0v) is 12.6. The summed E-state index contributed by atoms with van der Waals surface area (Å²) in [7, 11) is 0. The van der Waals surface area contributed by atoms with E-state index >= 15 is 0 Å². The fourth-order valence-corrected chi connectivity index (χ4v) is 2.19. The second-order valence-electron chi connectivity index (χ2n) is 4.59. The summed E-state index contributed by atoms with van der Waals surface area (Å²) in [6, 6.07) is 0.213. The lowest BCUT2D eigenvalue weighted by Crippen LogP contribution is -2.39. The standard InChI is InChI=1S/C14H27N.BrH/c1-5-8-9-12-14(10-6-2,11-7-3)13(4)15;/h6-7,13H,2-3,5,8-12,15H2,1,4H3;1H. The van der Waals surface area contributed by atoms with Gasteiger partial charge in [-0.3, -0.25) is 0 Å². The molecule has 0 heterocycles. The van der Waals surface area contributed by atoms with Gasteiger partial charge in [-0.1, -0.05) is 38.3 Å². The molecule has 0 aromatic heterocycles. The Morgan fingerprint density at radius 3 is 2.00 bits per heavy atom. The van der Waals surface area contributed by atoms with E-state index in [1.54, 1.807) is 0 Å². The van der Waals surface area contributed by atoms with E-state index in [1.807, 2.05) is 12.2 Å². The first-order valence-corrected chi connectivity index (χ1v) is 6.10. The molecule has 0 amide bonds. The van der Waals surface area contributed by atoms with Crippen LogP contribution in [-0.4, -0.2) is 6.04 Å². The van der Waals surface area contributed by atoms with Gasteiger partial charge in [0.05, 0.1) is 0 Å². The van der Waals surface area contributed by atoms with Gasteiger partial charge in [-0.2, -0.15) is 0 Å². The lowest BCUT2D eigenvalue weighted by Gasteiger charge is -2.36. The van der Waals surface area contributed by atoms with Gasteiger partial charge in [0.15, 0.2) is 0 Å². The van der Waals surface area contributed by atoms with Crippen LogP contribution in [0.5, 0.6) is 0 Å². The van der Waals surface area contributed by atoms with E-state index in [9.17, 15) is 0 Å². The van der Waals surface area contributed by atoms with Crippen molar-refractivity contribution < 1.29 is 0 Å². The quantitative estimate of drug-likeness (QED) is 0.486. The number of halogens is 1. The van der Waals surface area contributed by atoms with E-state index in [-0.39, 0.29) is 28.4 Å². The smallest absolute Gasteiger partial charge is 0.00729 e. The van der Waals surface area contributed by atoms with Gasteiger partial charge in [0.25, 0.3) is 0 Å². The third-order valence-corrected chi connectivity index (χ3v) is 3.35. The number of unbranched alkanes of at least 4 members (excludes halogenated alkanes) is 2. The van der Waals surface area contributed by atoms with E-state index in [2.05, 4.69) is 27.0 Å². The van der Waals surface area contributed by atoms with Gasteiger partial charge in [0.2, 0.25) is 0 Å². The van der Waals surface area contributed by atoms with Crippen LogP contribution >= 0.6 is 17.0 Å². The third kappa shape index (κ3) is 5.86. The van der Waals surface area contributed by atoms with Crippen LogP contribution in [0, 0.1) is 5.41 Å². The Labute approximate surface area is 112 Å². The molecule has 0 radical (unpaired) electrons. The second kappa shape index (κ2) is 10.1. The lowest BCUT2D eigenvalue weighted by molar-refractivity contribution is 0.212. The molecule has 1 unspecified atom stereocenters. The van der Waals surface area contributed by atoms with Crippen LogP contribution in [0.4, 0.5) is 0 Å². The maximum Gasteiger partial charge on any atom is 0.00729 e. The first-order valence-electron chi connectivity index (χ1n) is 6.10. The Bertz CT molecular complexity index is 177. The van der Waals surface area contributed by atoms with Crippen LogP contribution in [0.2, 0.25) is 0 Å². The van der Waals surface area contributed by atoms with Crippen LogP contribution in [0.3, 0.4) is 0 Å². The van der Waals surface area contributed by atoms with Crippen LogP contribution in [0.1, 0.15) is 52.4 Å². The van der Waals surface area contributed by atoms with Crippen molar-refractivity contribution in [1.29, 1.82) is 0 Å². The summed E-state index contributed by atoms with van der Waals surface area (Å²) in [4.78, 5) is 0. The average Bonchev–Trinajstić information content (AvgIpc) is 2.18. The SMILES string of the molecule is Br.C=CCC(CC=C)(CCCCC)C(C)N. The van der Waals surface area contributed by atoms with E-state index in [0.29, 0.717) is 0 Å². The summed E-state index contributed by atoms with van der Waals surface area (Å²) < 4.78 is 0. The first kappa shape index (κ1) is 18.3. The Morgan fingerprint density at radius 2 is 1.69 bits per heavy atom. The molecule has 1 nitrogen and oxygen atoms in total. The minimum Gasteiger partial charge on any atom is -0.327 e. The molecule has 96 valence electrons. The van der Waals surface area contributed by atoms with Crippen molar-refractivity contribution in [3.63, 3.8) is 0 Å². The number of rotatable bonds is 9. The number of allylic oxidation sites excluding steroid dienone is 2. The molecule has 0 aliphatic carbocycles. The molecule has 0 aliphatic rings. The Hall–Kier alpha value is -0.0800. The van der Waals surface area contributed by atoms with Crippen molar-refractivity contribution in [2.75, 3.05) is 0 Å². The molecular weight excluding hydrogens is 262 g/mol.